The Hall–Kier alpha value is -4.26. The standard InChI is InChI=1S/C22H16N6O/c29-20-11-10-15-6-4-5-9-17(15)18(20)12-25-27-21-19-13-26-28(22(19)24-14-23-21)16-7-2-1-3-8-16/h1-14,29H,(H,23,24,27)/b25-12+. The zero-order valence-corrected chi connectivity index (χ0v) is 15.3. The van der Waals surface area contributed by atoms with Gasteiger partial charge < -0.3 is 5.11 Å². The minimum atomic E-state index is 0.166. The van der Waals surface area contributed by atoms with E-state index in [-0.39, 0.29) is 5.75 Å². The Labute approximate surface area is 166 Å². The highest BCUT2D eigenvalue weighted by Gasteiger charge is 2.10. The first kappa shape index (κ1) is 16.9. The lowest BCUT2D eigenvalue weighted by Crippen LogP contribution is -1.99. The van der Waals surface area contributed by atoms with Crippen LogP contribution in [0.15, 0.2) is 84.4 Å². The molecule has 5 rings (SSSR count). The van der Waals surface area contributed by atoms with E-state index in [1.54, 1.807) is 23.2 Å². The third-order valence-electron chi connectivity index (χ3n) is 4.68. The van der Waals surface area contributed by atoms with E-state index < -0.39 is 0 Å². The number of nitrogens with one attached hydrogen (secondary N) is 1. The smallest absolute Gasteiger partial charge is 0.168 e. The molecule has 7 nitrogen and oxygen atoms in total. The molecular weight excluding hydrogens is 364 g/mol. The van der Waals surface area contributed by atoms with Crippen molar-refractivity contribution in [2.75, 3.05) is 5.43 Å². The van der Waals surface area contributed by atoms with Crippen molar-refractivity contribution < 1.29 is 5.11 Å². The van der Waals surface area contributed by atoms with Crippen LogP contribution >= 0.6 is 0 Å². The Morgan fingerprint density at radius 3 is 2.62 bits per heavy atom. The molecule has 140 valence electrons. The number of phenolic OH excluding ortho intramolecular Hbond substituents is 1. The van der Waals surface area contributed by atoms with Gasteiger partial charge in [-0.2, -0.15) is 10.2 Å². The molecular formula is C22H16N6O. The topological polar surface area (TPSA) is 88.2 Å². The number of para-hydroxylation sites is 1. The second kappa shape index (κ2) is 7.05. The van der Waals surface area contributed by atoms with Crippen molar-refractivity contribution in [1.29, 1.82) is 0 Å². The molecule has 29 heavy (non-hydrogen) atoms. The van der Waals surface area contributed by atoms with Crippen molar-refractivity contribution in [3.8, 4) is 11.4 Å². The normalized spacial score (nSPS) is 11.4. The summed E-state index contributed by atoms with van der Waals surface area (Å²) in [4.78, 5) is 8.63. The van der Waals surface area contributed by atoms with Crippen molar-refractivity contribution in [3.05, 3.63) is 84.8 Å². The molecule has 2 heterocycles. The summed E-state index contributed by atoms with van der Waals surface area (Å²) < 4.78 is 1.75. The van der Waals surface area contributed by atoms with Gasteiger partial charge in [0.1, 0.15) is 12.1 Å². The molecule has 0 aliphatic heterocycles. The average Bonchev–Trinajstić information content (AvgIpc) is 3.21. The summed E-state index contributed by atoms with van der Waals surface area (Å²) in [6.07, 6.45) is 4.76. The minimum absolute atomic E-state index is 0.166. The van der Waals surface area contributed by atoms with Gasteiger partial charge in [-0.1, -0.05) is 48.5 Å². The fraction of sp³-hybridized carbons (Fsp3) is 0. The summed E-state index contributed by atoms with van der Waals surface area (Å²) >= 11 is 0. The maximum atomic E-state index is 10.2. The van der Waals surface area contributed by atoms with E-state index in [0.29, 0.717) is 17.0 Å². The van der Waals surface area contributed by atoms with Crippen LogP contribution in [0.2, 0.25) is 0 Å². The SMILES string of the molecule is Oc1ccc2ccccc2c1/C=N/Nc1ncnc2c1cnn2-c1ccccc1. The number of fused-ring (bicyclic) bond motifs is 2. The number of phenols is 1. The quantitative estimate of drug-likeness (QED) is 0.362. The second-order valence-corrected chi connectivity index (χ2v) is 6.44. The molecule has 0 bridgehead atoms. The van der Waals surface area contributed by atoms with Crippen LogP contribution in [0.25, 0.3) is 27.5 Å². The van der Waals surface area contributed by atoms with Crippen LogP contribution in [0.4, 0.5) is 5.82 Å². The highest BCUT2D eigenvalue weighted by Crippen LogP contribution is 2.26. The first-order chi connectivity index (χ1) is 14.3. The monoisotopic (exact) mass is 380 g/mol. The van der Waals surface area contributed by atoms with E-state index in [1.165, 1.54) is 6.33 Å². The molecule has 0 spiro atoms. The van der Waals surface area contributed by atoms with Crippen molar-refractivity contribution in [3.63, 3.8) is 0 Å². The number of benzene rings is 3. The largest absolute Gasteiger partial charge is 0.507 e. The number of hydrogen-bond donors (Lipinski definition) is 2. The van der Waals surface area contributed by atoms with Crippen molar-refractivity contribution in [1.82, 2.24) is 19.7 Å². The van der Waals surface area contributed by atoms with Gasteiger partial charge in [-0.3, -0.25) is 5.43 Å². The zero-order valence-electron chi connectivity index (χ0n) is 15.3. The molecule has 0 fully saturated rings. The average molecular weight is 380 g/mol. The Morgan fingerprint density at radius 2 is 1.72 bits per heavy atom. The molecule has 7 heteroatoms. The van der Waals surface area contributed by atoms with Gasteiger partial charge in [0.25, 0.3) is 0 Å². The van der Waals surface area contributed by atoms with Crippen molar-refractivity contribution >= 4 is 33.8 Å². The molecule has 0 atom stereocenters. The molecule has 2 N–H and O–H groups in total. The summed E-state index contributed by atoms with van der Waals surface area (Å²) in [5.41, 5.74) is 5.18. The fourth-order valence-electron chi connectivity index (χ4n) is 3.27. The number of anilines is 1. The van der Waals surface area contributed by atoms with Gasteiger partial charge in [0.2, 0.25) is 0 Å². The van der Waals surface area contributed by atoms with Crippen LogP contribution in [0, 0.1) is 0 Å². The van der Waals surface area contributed by atoms with Crippen LogP contribution in [0.1, 0.15) is 5.56 Å². The van der Waals surface area contributed by atoms with Gasteiger partial charge in [-0.15, -0.1) is 0 Å². The van der Waals surface area contributed by atoms with Crippen LogP contribution in [-0.2, 0) is 0 Å². The van der Waals surface area contributed by atoms with E-state index in [1.807, 2.05) is 60.7 Å². The number of hydrazone groups is 1. The van der Waals surface area contributed by atoms with Crippen molar-refractivity contribution in [2.45, 2.75) is 0 Å². The first-order valence-corrected chi connectivity index (χ1v) is 9.05. The lowest BCUT2D eigenvalue weighted by atomic mass is 10.0. The van der Waals surface area contributed by atoms with Crippen LogP contribution in [0.3, 0.4) is 0 Å². The summed E-state index contributed by atoms with van der Waals surface area (Å²) in [7, 11) is 0. The molecule has 0 unspecified atom stereocenters. The second-order valence-electron chi connectivity index (χ2n) is 6.44. The maximum Gasteiger partial charge on any atom is 0.168 e. The van der Waals surface area contributed by atoms with Crippen LogP contribution < -0.4 is 5.43 Å². The molecule has 0 amide bonds. The molecule has 3 aromatic carbocycles. The number of aromatic hydroxyl groups is 1. The highest BCUT2D eigenvalue weighted by atomic mass is 16.3. The van der Waals surface area contributed by atoms with Crippen molar-refractivity contribution in [2.24, 2.45) is 5.10 Å². The summed E-state index contributed by atoms with van der Waals surface area (Å²) in [5.74, 6) is 0.701. The number of aromatic nitrogens is 4. The lowest BCUT2D eigenvalue weighted by molar-refractivity contribution is 0.475. The van der Waals surface area contributed by atoms with E-state index in [9.17, 15) is 5.11 Å². The fourth-order valence-corrected chi connectivity index (χ4v) is 3.27. The van der Waals surface area contributed by atoms with Gasteiger partial charge in [0, 0.05) is 5.56 Å². The molecule has 5 aromatic rings. The minimum Gasteiger partial charge on any atom is -0.507 e. The number of rotatable bonds is 4. The molecule has 0 aliphatic rings. The molecule has 0 radical (unpaired) electrons. The Bertz CT molecular complexity index is 1340. The lowest BCUT2D eigenvalue weighted by Gasteiger charge is -2.05. The highest BCUT2D eigenvalue weighted by molar-refractivity contribution is 6.02. The molecule has 2 aromatic heterocycles. The van der Waals surface area contributed by atoms with Gasteiger partial charge in [0.15, 0.2) is 11.5 Å². The van der Waals surface area contributed by atoms with E-state index in [0.717, 1.165) is 21.8 Å². The number of nitrogens with zero attached hydrogens (tertiary/aromatic N) is 5. The summed E-state index contributed by atoms with van der Waals surface area (Å²) in [5, 5.41) is 21.7. The van der Waals surface area contributed by atoms with E-state index in [4.69, 9.17) is 0 Å². The van der Waals surface area contributed by atoms with Gasteiger partial charge in [0.05, 0.1) is 23.5 Å². The number of hydrogen-bond acceptors (Lipinski definition) is 6. The van der Waals surface area contributed by atoms with Gasteiger partial charge >= 0.3 is 0 Å². The zero-order chi connectivity index (χ0) is 19.6. The summed E-state index contributed by atoms with van der Waals surface area (Å²) in [6, 6.07) is 21.1. The predicted octanol–water partition coefficient (Wildman–Crippen LogP) is 4.12. The maximum absolute atomic E-state index is 10.2. The van der Waals surface area contributed by atoms with E-state index in [2.05, 4.69) is 25.6 Å². The van der Waals surface area contributed by atoms with E-state index >= 15 is 0 Å². The first-order valence-electron chi connectivity index (χ1n) is 9.05. The third-order valence-corrected chi connectivity index (χ3v) is 4.68. The van der Waals surface area contributed by atoms with Crippen LogP contribution in [-0.4, -0.2) is 31.1 Å². The van der Waals surface area contributed by atoms with Gasteiger partial charge in [-0.25, -0.2) is 14.6 Å². The predicted molar refractivity (Wildman–Crippen MR) is 113 cm³/mol. The summed E-state index contributed by atoms with van der Waals surface area (Å²) in [6.45, 7) is 0. The van der Waals surface area contributed by atoms with Gasteiger partial charge in [-0.05, 0) is 29.0 Å². The Morgan fingerprint density at radius 1 is 0.897 bits per heavy atom. The molecule has 0 saturated carbocycles. The Balaban J connectivity index is 1.49. The Kier molecular flexibility index (Phi) is 4.10. The van der Waals surface area contributed by atoms with Crippen LogP contribution in [0.5, 0.6) is 5.75 Å². The molecule has 0 saturated heterocycles. The molecule has 0 aliphatic carbocycles. The third kappa shape index (κ3) is 3.04.